The predicted molar refractivity (Wildman–Crippen MR) is 85.7 cm³/mol. The van der Waals surface area contributed by atoms with Crippen molar-refractivity contribution < 1.29 is 14.8 Å². The summed E-state index contributed by atoms with van der Waals surface area (Å²) in [6.07, 6.45) is 6.35. The van der Waals surface area contributed by atoms with Crippen molar-refractivity contribution in [2.75, 3.05) is 7.11 Å². The molecule has 0 radical (unpaired) electrons. The number of hydrogen-bond donors (Lipinski definition) is 3. The second-order valence-electron chi connectivity index (χ2n) is 5.95. The van der Waals surface area contributed by atoms with Gasteiger partial charge in [0.2, 0.25) is 0 Å². The third kappa shape index (κ3) is 4.46. The molecule has 0 atom stereocenters. The zero-order valence-corrected chi connectivity index (χ0v) is 13.0. The Kier molecular flexibility index (Phi) is 6.09. The summed E-state index contributed by atoms with van der Waals surface area (Å²) in [7, 11) is 0.204. The van der Waals surface area contributed by atoms with E-state index in [2.05, 4.69) is 12.2 Å². The number of benzene rings is 1. The molecule has 0 spiro atoms. The summed E-state index contributed by atoms with van der Waals surface area (Å²) in [5.74, 6) is 1.68. The molecule has 0 unspecified atom stereocenters. The van der Waals surface area contributed by atoms with Crippen LogP contribution in [0, 0.1) is 5.92 Å². The van der Waals surface area contributed by atoms with Gasteiger partial charge in [-0.15, -0.1) is 0 Å². The summed E-state index contributed by atoms with van der Waals surface area (Å²) in [5.41, 5.74) is 1.48. The maximum Gasteiger partial charge on any atom is 0.488 e. The molecule has 2 rings (SSSR count). The Labute approximate surface area is 127 Å². The molecule has 1 fully saturated rings. The van der Waals surface area contributed by atoms with E-state index in [0.29, 0.717) is 18.0 Å². The second kappa shape index (κ2) is 7.83. The van der Waals surface area contributed by atoms with Crippen LogP contribution < -0.4 is 15.5 Å². The first-order chi connectivity index (χ1) is 10.1. The average Bonchev–Trinajstić information content (AvgIpc) is 2.53. The third-order valence-electron chi connectivity index (χ3n) is 4.61. The molecule has 1 aliphatic carbocycles. The minimum atomic E-state index is -1.44. The van der Waals surface area contributed by atoms with E-state index >= 15 is 0 Å². The van der Waals surface area contributed by atoms with Crippen molar-refractivity contribution in [2.24, 2.45) is 5.92 Å². The maximum atomic E-state index is 9.28. The molecule has 5 heteroatoms. The summed E-state index contributed by atoms with van der Waals surface area (Å²) < 4.78 is 5.35. The van der Waals surface area contributed by atoms with Crippen molar-refractivity contribution >= 4 is 12.6 Å². The zero-order chi connectivity index (χ0) is 15.2. The lowest BCUT2D eigenvalue weighted by atomic mass is 9.79. The molecule has 0 saturated heterocycles. The first-order valence-corrected chi connectivity index (χ1v) is 7.90. The fourth-order valence-electron chi connectivity index (χ4n) is 3.13. The van der Waals surface area contributed by atoms with Crippen LogP contribution in [0.5, 0.6) is 5.75 Å². The van der Waals surface area contributed by atoms with Gasteiger partial charge in [-0.05, 0) is 43.1 Å². The lowest BCUT2D eigenvalue weighted by Crippen LogP contribution is -2.34. The van der Waals surface area contributed by atoms with Crippen LogP contribution in [0.3, 0.4) is 0 Å². The first-order valence-electron chi connectivity index (χ1n) is 7.90. The van der Waals surface area contributed by atoms with Crippen LogP contribution in [0.25, 0.3) is 0 Å². The highest BCUT2D eigenvalue weighted by Gasteiger charge is 2.20. The molecule has 4 nitrogen and oxygen atoms in total. The minimum absolute atomic E-state index is 0.502. The van der Waals surface area contributed by atoms with E-state index in [4.69, 9.17) is 4.74 Å². The highest BCUT2D eigenvalue weighted by molar-refractivity contribution is 6.58. The number of ether oxygens (including phenoxy) is 1. The normalized spacial score (nSPS) is 22.1. The van der Waals surface area contributed by atoms with Crippen molar-refractivity contribution in [2.45, 2.75) is 51.6 Å². The summed E-state index contributed by atoms with van der Waals surface area (Å²) in [6, 6.07) is 5.83. The smallest absolute Gasteiger partial charge is 0.488 e. The molecule has 1 aromatic rings. The van der Waals surface area contributed by atoms with E-state index in [9.17, 15) is 10.0 Å². The van der Waals surface area contributed by atoms with Crippen LogP contribution in [0.2, 0.25) is 0 Å². The van der Waals surface area contributed by atoms with Gasteiger partial charge in [-0.3, -0.25) is 0 Å². The third-order valence-corrected chi connectivity index (χ3v) is 4.61. The van der Waals surface area contributed by atoms with Crippen LogP contribution in [-0.2, 0) is 6.54 Å². The quantitative estimate of drug-likeness (QED) is 0.694. The molecule has 1 aliphatic rings. The zero-order valence-electron chi connectivity index (χ0n) is 13.0. The highest BCUT2D eigenvalue weighted by atomic mass is 16.5. The van der Waals surface area contributed by atoms with Crippen molar-refractivity contribution in [3.8, 4) is 5.75 Å². The predicted octanol–water partition coefficient (Wildman–Crippen LogP) is 1.43. The van der Waals surface area contributed by atoms with Gasteiger partial charge in [-0.1, -0.05) is 25.5 Å². The molecule has 116 valence electrons. The molecule has 0 amide bonds. The second-order valence-corrected chi connectivity index (χ2v) is 5.95. The molecule has 1 saturated carbocycles. The fourth-order valence-corrected chi connectivity index (χ4v) is 3.13. The standard InChI is InChI=1S/C16H26BNO3/c1-3-12-4-7-15(8-5-12)18-11-13-10-14(17(19)20)6-9-16(13)21-2/h6,9-10,12,15,18-20H,3-5,7-8,11H2,1-2H3. The summed E-state index contributed by atoms with van der Waals surface area (Å²) in [5, 5.41) is 22.1. The topological polar surface area (TPSA) is 61.7 Å². The average molecular weight is 291 g/mol. The van der Waals surface area contributed by atoms with E-state index in [0.717, 1.165) is 17.2 Å². The number of rotatable bonds is 6. The van der Waals surface area contributed by atoms with Gasteiger partial charge in [0.15, 0.2) is 0 Å². The molecule has 0 aromatic heterocycles. The molecule has 21 heavy (non-hydrogen) atoms. The Balaban J connectivity index is 1.94. The van der Waals surface area contributed by atoms with E-state index in [1.165, 1.54) is 32.1 Å². The Hall–Kier alpha value is -1.04. The van der Waals surface area contributed by atoms with Crippen molar-refractivity contribution in [3.05, 3.63) is 23.8 Å². The van der Waals surface area contributed by atoms with Gasteiger partial charge in [-0.25, -0.2) is 0 Å². The van der Waals surface area contributed by atoms with E-state index in [-0.39, 0.29) is 0 Å². The lowest BCUT2D eigenvalue weighted by Gasteiger charge is -2.28. The van der Waals surface area contributed by atoms with Gasteiger partial charge in [0.05, 0.1) is 7.11 Å². The van der Waals surface area contributed by atoms with Crippen LogP contribution in [-0.4, -0.2) is 30.3 Å². The summed E-state index contributed by atoms with van der Waals surface area (Å²) in [6.45, 7) is 2.97. The van der Waals surface area contributed by atoms with Crippen LogP contribution in [0.1, 0.15) is 44.6 Å². The summed E-state index contributed by atoms with van der Waals surface area (Å²) >= 11 is 0. The Morgan fingerprint density at radius 3 is 2.52 bits per heavy atom. The SMILES string of the molecule is CCC1CCC(NCc2cc(B(O)O)ccc2OC)CC1. The Morgan fingerprint density at radius 2 is 1.95 bits per heavy atom. The van der Waals surface area contributed by atoms with Crippen LogP contribution in [0.4, 0.5) is 0 Å². The molecule has 0 heterocycles. The summed E-state index contributed by atoms with van der Waals surface area (Å²) in [4.78, 5) is 0. The van der Waals surface area contributed by atoms with Crippen molar-refractivity contribution in [1.29, 1.82) is 0 Å². The Bertz CT molecular complexity index is 445. The van der Waals surface area contributed by atoms with Gasteiger partial charge in [0.1, 0.15) is 5.75 Å². The molecular formula is C16H26BNO3. The molecule has 0 aliphatic heterocycles. The van der Waals surface area contributed by atoms with Gasteiger partial charge < -0.3 is 20.1 Å². The number of nitrogens with one attached hydrogen (secondary N) is 1. The van der Waals surface area contributed by atoms with Crippen molar-refractivity contribution in [1.82, 2.24) is 5.32 Å². The van der Waals surface area contributed by atoms with Gasteiger partial charge in [0, 0.05) is 18.2 Å². The van der Waals surface area contributed by atoms with E-state index < -0.39 is 7.12 Å². The molecular weight excluding hydrogens is 265 g/mol. The van der Waals surface area contributed by atoms with Crippen LogP contribution in [0.15, 0.2) is 18.2 Å². The highest BCUT2D eigenvalue weighted by Crippen LogP contribution is 2.27. The minimum Gasteiger partial charge on any atom is -0.496 e. The van der Waals surface area contributed by atoms with E-state index in [1.807, 2.05) is 0 Å². The van der Waals surface area contributed by atoms with E-state index in [1.54, 1.807) is 25.3 Å². The first kappa shape index (κ1) is 16.3. The maximum absolute atomic E-state index is 9.28. The molecule has 3 N–H and O–H groups in total. The van der Waals surface area contributed by atoms with Gasteiger partial charge in [-0.2, -0.15) is 0 Å². The monoisotopic (exact) mass is 291 g/mol. The fraction of sp³-hybridized carbons (Fsp3) is 0.625. The molecule has 1 aromatic carbocycles. The number of hydrogen-bond acceptors (Lipinski definition) is 4. The molecule has 0 bridgehead atoms. The van der Waals surface area contributed by atoms with Gasteiger partial charge >= 0.3 is 7.12 Å². The van der Waals surface area contributed by atoms with Gasteiger partial charge in [0.25, 0.3) is 0 Å². The van der Waals surface area contributed by atoms with Crippen LogP contribution >= 0.6 is 0 Å². The largest absolute Gasteiger partial charge is 0.496 e. The number of methoxy groups -OCH3 is 1. The lowest BCUT2D eigenvalue weighted by molar-refractivity contribution is 0.284. The van der Waals surface area contributed by atoms with Crippen molar-refractivity contribution in [3.63, 3.8) is 0 Å². The Morgan fingerprint density at radius 1 is 1.24 bits per heavy atom.